The maximum absolute atomic E-state index is 13.5. The van der Waals surface area contributed by atoms with Crippen molar-refractivity contribution in [3.8, 4) is 5.75 Å². The van der Waals surface area contributed by atoms with Crippen molar-refractivity contribution >= 4 is 16.0 Å². The Hall–Kier alpha value is -1.67. The molecular formula is C12H16FNO5S. The van der Waals surface area contributed by atoms with Crippen LogP contribution in [0.15, 0.2) is 23.1 Å². The molecule has 112 valence electrons. The van der Waals surface area contributed by atoms with Gasteiger partial charge in [0.15, 0.2) is 11.6 Å². The van der Waals surface area contributed by atoms with E-state index in [1.807, 2.05) is 0 Å². The van der Waals surface area contributed by atoms with E-state index in [0.717, 1.165) is 10.4 Å². The third-order valence-electron chi connectivity index (χ3n) is 2.69. The number of ether oxygens (including phenoxy) is 2. The van der Waals surface area contributed by atoms with Crippen molar-refractivity contribution in [2.75, 3.05) is 27.8 Å². The Morgan fingerprint density at radius 3 is 2.50 bits per heavy atom. The number of sulfonamides is 1. The molecule has 0 saturated carbocycles. The van der Waals surface area contributed by atoms with Gasteiger partial charge in [-0.15, -0.1) is 0 Å². The summed E-state index contributed by atoms with van der Waals surface area (Å²) in [5.41, 5.74) is 0. The summed E-state index contributed by atoms with van der Waals surface area (Å²) in [7, 11) is -0.0497. The van der Waals surface area contributed by atoms with E-state index in [-0.39, 0.29) is 23.6 Å². The molecule has 0 aromatic heterocycles. The van der Waals surface area contributed by atoms with Gasteiger partial charge in [0.05, 0.1) is 25.5 Å². The van der Waals surface area contributed by atoms with E-state index in [9.17, 15) is 17.6 Å². The molecule has 0 heterocycles. The van der Waals surface area contributed by atoms with E-state index in [0.29, 0.717) is 0 Å². The minimum atomic E-state index is -3.86. The molecule has 0 aliphatic rings. The predicted octanol–water partition coefficient (Wildman–Crippen LogP) is 1.02. The minimum Gasteiger partial charge on any atom is -0.494 e. The van der Waals surface area contributed by atoms with Crippen molar-refractivity contribution in [3.63, 3.8) is 0 Å². The molecule has 0 N–H and O–H groups in total. The minimum absolute atomic E-state index is 0.0406. The first kappa shape index (κ1) is 16.4. The highest BCUT2D eigenvalue weighted by Crippen LogP contribution is 2.22. The summed E-state index contributed by atoms with van der Waals surface area (Å²) < 4.78 is 48.0. The van der Waals surface area contributed by atoms with Gasteiger partial charge in [0.2, 0.25) is 10.0 Å². The molecule has 6 nitrogen and oxygen atoms in total. The van der Waals surface area contributed by atoms with Crippen LogP contribution in [-0.4, -0.2) is 46.5 Å². The van der Waals surface area contributed by atoms with Crippen molar-refractivity contribution in [3.05, 3.63) is 24.0 Å². The van der Waals surface area contributed by atoms with Gasteiger partial charge in [0.25, 0.3) is 0 Å². The fraction of sp³-hybridized carbons (Fsp3) is 0.417. The molecule has 1 rings (SSSR count). The highest BCUT2D eigenvalue weighted by molar-refractivity contribution is 7.89. The normalized spacial score (nSPS) is 11.4. The molecule has 0 fully saturated rings. The second-order valence-electron chi connectivity index (χ2n) is 3.95. The van der Waals surface area contributed by atoms with Crippen LogP contribution in [0.25, 0.3) is 0 Å². The van der Waals surface area contributed by atoms with Crippen LogP contribution in [0, 0.1) is 5.82 Å². The summed E-state index contributed by atoms with van der Waals surface area (Å²) in [6.07, 6.45) is -0.0785. The fourth-order valence-corrected chi connectivity index (χ4v) is 2.64. The summed E-state index contributed by atoms with van der Waals surface area (Å²) >= 11 is 0. The van der Waals surface area contributed by atoms with Crippen molar-refractivity contribution in [2.45, 2.75) is 11.3 Å². The first-order chi connectivity index (χ1) is 9.32. The summed E-state index contributed by atoms with van der Waals surface area (Å²) in [6, 6.07) is 3.35. The largest absolute Gasteiger partial charge is 0.494 e. The number of benzene rings is 1. The van der Waals surface area contributed by atoms with E-state index in [1.165, 1.54) is 33.4 Å². The third-order valence-corrected chi connectivity index (χ3v) is 4.54. The summed E-state index contributed by atoms with van der Waals surface area (Å²) in [6.45, 7) is -0.0529. The lowest BCUT2D eigenvalue weighted by atomic mass is 10.3. The molecule has 0 atom stereocenters. The standard InChI is InChI=1S/C12H16FNO5S/c1-14(7-6-12(15)19-3)20(16,17)9-4-5-11(18-2)10(13)8-9/h4-5,8H,6-7H2,1-3H3. The van der Waals surface area contributed by atoms with Crippen LogP contribution in [0.5, 0.6) is 5.75 Å². The van der Waals surface area contributed by atoms with Gasteiger partial charge in [-0.05, 0) is 18.2 Å². The first-order valence-corrected chi connectivity index (χ1v) is 7.13. The molecule has 0 aliphatic heterocycles. The molecule has 8 heteroatoms. The fourth-order valence-electron chi connectivity index (χ4n) is 1.46. The first-order valence-electron chi connectivity index (χ1n) is 5.69. The Balaban J connectivity index is 2.92. The number of hydrogen-bond donors (Lipinski definition) is 0. The number of carbonyl (C=O) groups excluding carboxylic acids is 1. The number of methoxy groups -OCH3 is 2. The van der Waals surface area contributed by atoms with Crippen LogP contribution in [0.1, 0.15) is 6.42 Å². The highest BCUT2D eigenvalue weighted by Gasteiger charge is 2.22. The van der Waals surface area contributed by atoms with Gasteiger partial charge in [-0.1, -0.05) is 0 Å². The summed E-state index contributed by atoms with van der Waals surface area (Å²) in [5.74, 6) is -1.33. The van der Waals surface area contributed by atoms with Gasteiger partial charge in [0, 0.05) is 13.6 Å². The van der Waals surface area contributed by atoms with E-state index in [1.54, 1.807) is 0 Å². The number of carbonyl (C=O) groups is 1. The molecule has 0 saturated heterocycles. The quantitative estimate of drug-likeness (QED) is 0.734. The maximum Gasteiger partial charge on any atom is 0.306 e. The monoisotopic (exact) mass is 305 g/mol. The van der Waals surface area contributed by atoms with Crippen LogP contribution in [0.3, 0.4) is 0 Å². The molecule has 0 amide bonds. The van der Waals surface area contributed by atoms with Crippen molar-refractivity contribution in [1.82, 2.24) is 4.31 Å². The van der Waals surface area contributed by atoms with E-state index < -0.39 is 21.8 Å². The number of nitrogens with zero attached hydrogens (tertiary/aromatic N) is 1. The van der Waals surface area contributed by atoms with Gasteiger partial charge >= 0.3 is 5.97 Å². The molecule has 0 unspecified atom stereocenters. The molecule has 0 bridgehead atoms. The van der Waals surface area contributed by atoms with Gasteiger partial charge in [0.1, 0.15) is 0 Å². The lowest BCUT2D eigenvalue weighted by Crippen LogP contribution is -2.29. The van der Waals surface area contributed by atoms with E-state index >= 15 is 0 Å². The molecule has 1 aromatic rings. The number of esters is 1. The van der Waals surface area contributed by atoms with Crippen LogP contribution >= 0.6 is 0 Å². The lowest BCUT2D eigenvalue weighted by molar-refractivity contribution is -0.140. The van der Waals surface area contributed by atoms with Crippen molar-refractivity contribution < 1.29 is 27.1 Å². The van der Waals surface area contributed by atoms with Crippen molar-refractivity contribution in [1.29, 1.82) is 0 Å². The number of hydrogen-bond acceptors (Lipinski definition) is 5. The lowest BCUT2D eigenvalue weighted by Gasteiger charge is -2.16. The van der Waals surface area contributed by atoms with Gasteiger partial charge < -0.3 is 9.47 Å². The average molecular weight is 305 g/mol. The molecule has 20 heavy (non-hydrogen) atoms. The molecular weight excluding hydrogens is 289 g/mol. The van der Waals surface area contributed by atoms with Gasteiger partial charge in [-0.2, -0.15) is 0 Å². The SMILES string of the molecule is COC(=O)CCN(C)S(=O)(=O)c1ccc(OC)c(F)c1. The van der Waals surface area contributed by atoms with Crippen LogP contribution in [0.4, 0.5) is 4.39 Å². The smallest absolute Gasteiger partial charge is 0.306 e. The average Bonchev–Trinajstić information content (AvgIpc) is 2.43. The van der Waals surface area contributed by atoms with Crippen molar-refractivity contribution in [2.24, 2.45) is 0 Å². The van der Waals surface area contributed by atoms with Gasteiger partial charge in [-0.3, -0.25) is 4.79 Å². The second kappa shape index (κ2) is 6.67. The van der Waals surface area contributed by atoms with Crippen LogP contribution in [0.2, 0.25) is 0 Å². The van der Waals surface area contributed by atoms with E-state index in [4.69, 9.17) is 4.74 Å². The molecule has 0 radical (unpaired) electrons. The zero-order valence-corrected chi connectivity index (χ0v) is 12.2. The summed E-state index contributed by atoms with van der Waals surface area (Å²) in [4.78, 5) is 10.8. The Labute approximate surface area is 117 Å². The zero-order valence-electron chi connectivity index (χ0n) is 11.4. The zero-order chi connectivity index (χ0) is 15.3. The number of rotatable bonds is 6. The predicted molar refractivity (Wildman–Crippen MR) is 69.4 cm³/mol. The Morgan fingerprint density at radius 2 is 2.00 bits per heavy atom. The Bertz CT molecular complexity index is 588. The van der Waals surface area contributed by atoms with Crippen LogP contribution < -0.4 is 4.74 Å². The highest BCUT2D eigenvalue weighted by atomic mass is 32.2. The maximum atomic E-state index is 13.5. The summed E-state index contributed by atoms with van der Waals surface area (Å²) in [5, 5.41) is 0. The van der Waals surface area contributed by atoms with Crippen LogP contribution in [-0.2, 0) is 19.6 Å². The number of halogens is 1. The Morgan fingerprint density at radius 1 is 1.35 bits per heavy atom. The van der Waals surface area contributed by atoms with E-state index in [2.05, 4.69) is 4.74 Å². The Kier molecular flexibility index (Phi) is 5.46. The molecule has 0 spiro atoms. The second-order valence-corrected chi connectivity index (χ2v) is 5.99. The third kappa shape index (κ3) is 3.67. The topological polar surface area (TPSA) is 72.9 Å². The van der Waals surface area contributed by atoms with Gasteiger partial charge in [-0.25, -0.2) is 17.1 Å². The molecule has 0 aliphatic carbocycles. The molecule has 1 aromatic carbocycles.